The van der Waals surface area contributed by atoms with Crippen LogP contribution in [-0.4, -0.2) is 71.2 Å². The second kappa shape index (κ2) is 11.0. The van der Waals surface area contributed by atoms with Crippen molar-refractivity contribution in [3.8, 4) is 11.1 Å². The highest BCUT2D eigenvalue weighted by molar-refractivity contribution is 6.04. The molecule has 0 unspecified atom stereocenters. The van der Waals surface area contributed by atoms with Crippen LogP contribution in [0.3, 0.4) is 0 Å². The van der Waals surface area contributed by atoms with Gasteiger partial charge in [-0.1, -0.05) is 55.0 Å². The van der Waals surface area contributed by atoms with Crippen molar-refractivity contribution in [1.29, 1.82) is 0 Å². The summed E-state index contributed by atoms with van der Waals surface area (Å²) in [5.74, 6) is -2.42. The molecular weight excluding hydrogens is 536 g/mol. The molecule has 0 aromatic heterocycles. The molecule has 0 spiro atoms. The summed E-state index contributed by atoms with van der Waals surface area (Å²) in [7, 11) is 0. The van der Waals surface area contributed by atoms with E-state index >= 15 is 0 Å². The zero-order chi connectivity index (χ0) is 29.6. The van der Waals surface area contributed by atoms with Gasteiger partial charge in [0.1, 0.15) is 12.6 Å². The highest BCUT2D eigenvalue weighted by Crippen LogP contribution is 2.51. The Bertz CT molecular complexity index is 1410. The monoisotopic (exact) mass is 572 g/mol. The summed E-state index contributed by atoms with van der Waals surface area (Å²) in [6.07, 6.45) is 3.20. The van der Waals surface area contributed by atoms with E-state index in [-0.39, 0.29) is 36.0 Å². The second-order valence-corrected chi connectivity index (χ2v) is 12.0. The Morgan fingerprint density at radius 2 is 1.69 bits per heavy atom. The summed E-state index contributed by atoms with van der Waals surface area (Å²) < 4.78 is 0. The van der Waals surface area contributed by atoms with E-state index in [2.05, 4.69) is 16.0 Å². The normalized spacial score (nSPS) is 25.7. The first kappa shape index (κ1) is 28.1. The van der Waals surface area contributed by atoms with Crippen molar-refractivity contribution in [1.82, 2.24) is 20.9 Å². The van der Waals surface area contributed by atoms with Crippen LogP contribution in [0.5, 0.6) is 0 Å². The highest BCUT2D eigenvalue weighted by atomic mass is 16.3. The van der Waals surface area contributed by atoms with Gasteiger partial charge in [0.25, 0.3) is 5.91 Å². The van der Waals surface area contributed by atoms with Gasteiger partial charge in [-0.05, 0) is 59.8 Å². The van der Waals surface area contributed by atoms with E-state index in [0.29, 0.717) is 30.6 Å². The number of nitrogens with one attached hydrogen (secondary N) is 3. The summed E-state index contributed by atoms with van der Waals surface area (Å²) in [5.41, 5.74) is 1.49. The summed E-state index contributed by atoms with van der Waals surface area (Å²) >= 11 is 0. The van der Waals surface area contributed by atoms with Crippen LogP contribution in [0.1, 0.15) is 50.2 Å². The minimum Gasteiger partial charge on any atom is -0.389 e. The molecule has 4 N–H and O–H groups in total. The van der Waals surface area contributed by atoms with E-state index in [0.717, 1.165) is 30.4 Å². The first-order valence-corrected chi connectivity index (χ1v) is 14.8. The molecule has 0 radical (unpaired) electrons. The molecule has 2 aliphatic heterocycles. The smallest absolute Gasteiger partial charge is 0.258 e. The lowest BCUT2D eigenvalue weighted by molar-refractivity contribution is -0.146. The molecule has 2 saturated heterocycles. The molecule has 3 fully saturated rings. The molecule has 0 bridgehead atoms. The lowest BCUT2D eigenvalue weighted by Crippen LogP contribution is -2.61. The summed E-state index contributed by atoms with van der Waals surface area (Å²) in [6.45, 7) is 1.47. The average molecular weight is 573 g/mol. The number of amides is 4. The number of likely N-dealkylation sites (tertiary alicyclic amines) is 1. The standard InChI is InChI=1S/C32H36N4O6/c1-18(38)35-32(24-11-4-2-8-22(24)23-9-3-5-12-25(23)32)31(42)36-16-20-7-6-10-21(20)28(36)30(41)34-26(27(39)17-37)15-19-13-14-33-29(19)40/h2-5,8-9,11-12,19-21,26,28,37H,6-7,10,13-17H2,1H3,(H,33,40)(H,34,41)(H,35,38)/t19-,20-,21-,26+,28+/m1/s1. The number of hydrogen-bond acceptors (Lipinski definition) is 6. The number of carbonyl (C=O) groups is 5. The molecule has 6 rings (SSSR count). The maximum atomic E-state index is 14.9. The SMILES string of the molecule is CC(=O)NC1(C(=O)N2C[C@H]3CCC[C@H]3[C@H]2C(=O)N[C@@H](C[C@H]2CCNC2=O)C(=O)CO)c2ccccc2-c2ccccc21. The van der Waals surface area contributed by atoms with E-state index in [4.69, 9.17) is 0 Å². The Labute approximate surface area is 244 Å². The van der Waals surface area contributed by atoms with Crippen molar-refractivity contribution >= 4 is 29.4 Å². The molecule has 4 aliphatic rings. The third-order valence-electron chi connectivity index (χ3n) is 9.60. The summed E-state index contributed by atoms with van der Waals surface area (Å²) in [6, 6.07) is 13.1. The number of benzene rings is 2. The number of ketones is 1. The van der Waals surface area contributed by atoms with Crippen LogP contribution in [0.4, 0.5) is 0 Å². The predicted molar refractivity (Wildman–Crippen MR) is 153 cm³/mol. The Hall–Kier alpha value is -4.05. The van der Waals surface area contributed by atoms with E-state index in [1.165, 1.54) is 6.92 Å². The van der Waals surface area contributed by atoms with E-state index in [1.807, 2.05) is 48.5 Å². The molecule has 2 heterocycles. The van der Waals surface area contributed by atoms with Crippen molar-refractivity contribution in [2.75, 3.05) is 19.7 Å². The minimum absolute atomic E-state index is 0.0856. The van der Waals surface area contributed by atoms with Gasteiger partial charge in [-0.15, -0.1) is 0 Å². The van der Waals surface area contributed by atoms with Crippen LogP contribution >= 0.6 is 0 Å². The van der Waals surface area contributed by atoms with Crippen molar-refractivity contribution in [2.24, 2.45) is 17.8 Å². The van der Waals surface area contributed by atoms with E-state index < -0.39 is 41.8 Å². The van der Waals surface area contributed by atoms with E-state index in [1.54, 1.807) is 4.90 Å². The number of hydrogen-bond donors (Lipinski definition) is 4. The lowest BCUT2D eigenvalue weighted by Gasteiger charge is -2.38. The lowest BCUT2D eigenvalue weighted by atomic mass is 9.85. The van der Waals surface area contributed by atoms with Crippen LogP contribution in [-0.2, 0) is 29.5 Å². The molecule has 5 atom stereocenters. The number of carbonyl (C=O) groups excluding carboxylic acids is 5. The Kier molecular flexibility index (Phi) is 7.34. The van der Waals surface area contributed by atoms with Crippen LogP contribution < -0.4 is 16.0 Å². The molecule has 10 nitrogen and oxygen atoms in total. The Morgan fingerprint density at radius 3 is 2.29 bits per heavy atom. The van der Waals surface area contributed by atoms with Gasteiger partial charge in [0.2, 0.25) is 17.7 Å². The van der Waals surface area contributed by atoms with Gasteiger partial charge < -0.3 is 26.0 Å². The van der Waals surface area contributed by atoms with Gasteiger partial charge >= 0.3 is 0 Å². The Morgan fingerprint density at radius 1 is 1.02 bits per heavy atom. The fraction of sp³-hybridized carbons (Fsp3) is 0.469. The highest BCUT2D eigenvalue weighted by Gasteiger charge is 2.58. The average Bonchev–Trinajstić information content (AvgIpc) is 3.75. The zero-order valence-electron chi connectivity index (χ0n) is 23.6. The van der Waals surface area contributed by atoms with Gasteiger partial charge in [0.05, 0.1) is 6.04 Å². The molecule has 220 valence electrons. The third kappa shape index (κ3) is 4.48. The summed E-state index contributed by atoms with van der Waals surface area (Å²) in [4.78, 5) is 68.4. The fourth-order valence-electron chi connectivity index (χ4n) is 7.78. The minimum atomic E-state index is -1.52. The van der Waals surface area contributed by atoms with Gasteiger partial charge in [-0.3, -0.25) is 24.0 Å². The van der Waals surface area contributed by atoms with Crippen LogP contribution in [0.25, 0.3) is 11.1 Å². The number of rotatable bonds is 8. The number of Topliss-reactive ketones (excluding diaryl/α,β-unsaturated/α-hetero) is 1. The number of aliphatic hydroxyl groups excluding tert-OH is 1. The molecular formula is C32H36N4O6. The maximum absolute atomic E-state index is 14.9. The van der Waals surface area contributed by atoms with Crippen LogP contribution in [0.15, 0.2) is 48.5 Å². The largest absolute Gasteiger partial charge is 0.389 e. The van der Waals surface area contributed by atoms with Gasteiger partial charge in [-0.25, -0.2) is 0 Å². The predicted octanol–water partition coefficient (Wildman–Crippen LogP) is 1.25. The number of nitrogens with zero attached hydrogens (tertiary/aromatic N) is 1. The number of aliphatic hydroxyl groups is 1. The molecule has 1 saturated carbocycles. The van der Waals surface area contributed by atoms with Gasteiger partial charge in [0, 0.05) is 25.9 Å². The van der Waals surface area contributed by atoms with Crippen molar-refractivity contribution < 1.29 is 29.1 Å². The second-order valence-electron chi connectivity index (χ2n) is 12.0. The topological polar surface area (TPSA) is 145 Å². The molecule has 2 aromatic carbocycles. The first-order chi connectivity index (χ1) is 20.3. The van der Waals surface area contributed by atoms with Crippen LogP contribution in [0.2, 0.25) is 0 Å². The third-order valence-corrected chi connectivity index (χ3v) is 9.60. The van der Waals surface area contributed by atoms with E-state index in [9.17, 15) is 29.1 Å². The van der Waals surface area contributed by atoms with Gasteiger partial charge in [-0.2, -0.15) is 0 Å². The molecule has 2 aromatic rings. The van der Waals surface area contributed by atoms with Crippen molar-refractivity contribution in [3.63, 3.8) is 0 Å². The maximum Gasteiger partial charge on any atom is 0.258 e. The fourth-order valence-corrected chi connectivity index (χ4v) is 7.78. The quantitative estimate of drug-likeness (QED) is 0.375. The molecule has 4 amide bonds. The Balaban J connectivity index is 1.38. The molecule has 10 heteroatoms. The van der Waals surface area contributed by atoms with Gasteiger partial charge in [0.15, 0.2) is 11.3 Å². The van der Waals surface area contributed by atoms with Crippen LogP contribution in [0, 0.1) is 17.8 Å². The number of fused-ring (bicyclic) bond motifs is 4. The van der Waals surface area contributed by atoms with Crippen molar-refractivity contribution in [2.45, 2.75) is 56.7 Å². The zero-order valence-corrected chi connectivity index (χ0v) is 23.6. The molecule has 42 heavy (non-hydrogen) atoms. The molecule has 2 aliphatic carbocycles. The first-order valence-electron chi connectivity index (χ1n) is 14.8. The van der Waals surface area contributed by atoms with Crippen molar-refractivity contribution in [3.05, 3.63) is 59.7 Å². The summed E-state index contributed by atoms with van der Waals surface area (Å²) in [5, 5.41) is 18.2.